The summed E-state index contributed by atoms with van der Waals surface area (Å²) in [7, 11) is 1.99. The molecule has 2 nitrogen and oxygen atoms in total. The van der Waals surface area contributed by atoms with Crippen molar-refractivity contribution in [1.82, 2.24) is 0 Å². The Bertz CT molecular complexity index is 458. The van der Waals surface area contributed by atoms with Crippen molar-refractivity contribution < 1.29 is 4.39 Å². The molecule has 1 aliphatic carbocycles. The van der Waals surface area contributed by atoms with Crippen molar-refractivity contribution >= 4 is 5.69 Å². The molecule has 0 amide bonds. The van der Waals surface area contributed by atoms with Crippen molar-refractivity contribution in [2.24, 2.45) is 11.1 Å². The van der Waals surface area contributed by atoms with Crippen molar-refractivity contribution in [3.05, 3.63) is 30.1 Å². The number of para-hydroxylation sites is 1. The largest absolute Gasteiger partial charge is 0.365 e. The van der Waals surface area contributed by atoms with Gasteiger partial charge in [-0.25, -0.2) is 4.39 Å². The first kappa shape index (κ1) is 15.3. The Morgan fingerprint density at radius 1 is 1.15 bits per heavy atom. The Morgan fingerprint density at radius 2 is 1.85 bits per heavy atom. The van der Waals surface area contributed by atoms with E-state index in [-0.39, 0.29) is 11.4 Å². The summed E-state index contributed by atoms with van der Waals surface area (Å²) in [4.78, 5) is 2.09. The molecule has 1 fully saturated rings. The van der Waals surface area contributed by atoms with Gasteiger partial charge in [0.25, 0.3) is 0 Å². The highest BCUT2D eigenvalue weighted by molar-refractivity contribution is 5.49. The van der Waals surface area contributed by atoms with Gasteiger partial charge in [0.2, 0.25) is 0 Å². The van der Waals surface area contributed by atoms with Gasteiger partial charge in [0, 0.05) is 13.6 Å². The van der Waals surface area contributed by atoms with Gasteiger partial charge >= 0.3 is 0 Å². The van der Waals surface area contributed by atoms with Crippen LogP contribution in [0.1, 0.15) is 46.0 Å². The maximum Gasteiger partial charge on any atom is 0.146 e. The zero-order valence-electron chi connectivity index (χ0n) is 13.0. The predicted octanol–water partition coefficient (Wildman–Crippen LogP) is 3.95. The molecule has 0 radical (unpaired) electrons. The number of hydrogen-bond acceptors (Lipinski definition) is 2. The Morgan fingerprint density at radius 3 is 2.50 bits per heavy atom. The average Bonchev–Trinajstić information content (AvgIpc) is 2.58. The summed E-state index contributed by atoms with van der Waals surface area (Å²) in [6.07, 6.45) is 5.59. The van der Waals surface area contributed by atoms with Gasteiger partial charge in [0.1, 0.15) is 5.82 Å². The van der Waals surface area contributed by atoms with Gasteiger partial charge in [-0.05, 0) is 43.2 Å². The van der Waals surface area contributed by atoms with Gasteiger partial charge < -0.3 is 10.6 Å². The summed E-state index contributed by atoms with van der Waals surface area (Å²) in [5, 5.41) is 0. The van der Waals surface area contributed by atoms with Crippen LogP contribution in [0.2, 0.25) is 0 Å². The number of benzene rings is 1. The molecule has 0 aliphatic heterocycles. The average molecular weight is 278 g/mol. The fourth-order valence-corrected chi connectivity index (χ4v) is 3.37. The summed E-state index contributed by atoms with van der Waals surface area (Å²) in [5.74, 6) is -0.161. The van der Waals surface area contributed by atoms with Crippen LogP contribution >= 0.6 is 0 Å². The van der Waals surface area contributed by atoms with E-state index in [9.17, 15) is 4.39 Å². The fourth-order valence-electron chi connectivity index (χ4n) is 3.37. The van der Waals surface area contributed by atoms with Gasteiger partial charge in [-0.2, -0.15) is 0 Å². The van der Waals surface area contributed by atoms with Crippen LogP contribution < -0.4 is 10.6 Å². The summed E-state index contributed by atoms with van der Waals surface area (Å²) < 4.78 is 14.1. The van der Waals surface area contributed by atoms with Crippen LogP contribution in [0.3, 0.4) is 0 Å². The molecule has 1 aromatic carbocycles. The molecule has 1 unspecified atom stereocenters. The molecule has 2 rings (SSSR count). The molecule has 0 spiro atoms. The first-order valence-corrected chi connectivity index (χ1v) is 7.59. The maximum atomic E-state index is 14.1. The van der Waals surface area contributed by atoms with Crippen LogP contribution in [0.15, 0.2) is 24.3 Å². The molecular weight excluding hydrogens is 251 g/mol. The highest BCUT2D eigenvalue weighted by Crippen LogP contribution is 2.41. The quantitative estimate of drug-likeness (QED) is 0.848. The van der Waals surface area contributed by atoms with E-state index in [0.29, 0.717) is 17.6 Å². The summed E-state index contributed by atoms with van der Waals surface area (Å²) in [6.45, 7) is 5.22. The molecule has 0 bridgehead atoms. The molecule has 1 atom stereocenters. The Hall–Kier alpha value is -1.09. The van der Waals surface area contributed by atoms with E-state index in [1.54, 1.807) is 6.07 Å². The SMILES string of the molecule is CN(c1ccccc1F)C1(CN)CCCC(C)(C)CC1. The molecular formula is C17H27FN2. The molecule has 1 aromatic rings. The number of nitrogens with zero attached hydrogens (tertiary/aromatic N) is 1. The van der Waals surface area contributed by atoms with E-state index in [1.807, 2.05) is 19.2 Å². The van der Waals surface area contributed by atoms with Crippen LogP contribution in [0, 0.1) is 11.2 Å². The number of anilines is 1. The van der Waals surface area contributed by atoms with E-state index in [4.69, 9.17) is 5.73 Å². The topological polar surface area (TPSA) is 29.3 Å². The van der Waals surface area contributed by atoms with Crippen molar-refractivity contribution in [3.8, 4) is 0 Å². The second-order valence-electron chi connectivity index (χ2n) is 6.96. The summed E-state index contributed by atoms with van der Waals surface area (Å²) >= 11 is 0. The van der Waals surface area contributed by atoms with Crippen molar-refractivity contribution in [3.63, 3.8) is 0 Å². The summed E-state index contributed by atoms with van der Waals surface area (Å²) in [5.41, 5.74) is 7.04. The lowest BCUT2D eigenvalue weighted by molar-refractivity contribution is 0.295. The zero-order chi connectivity index (χ0) is 14.8. The molecule has 112 valence electrons. The minimum Gasteiger partial charge on any atom is -0.365 e. The van der Waals surface area contributed by atoms with Gasteiger partial charge in [-0.3, -0.25) is 0 Å². The predicted molar refractivity (Wildman–Crippen MR) is 83.5 cm³/mol. The van der Waals surface area contributed by atoms with Crippen LogP contribution in [0.4, 0.5) is 10.1 Å². The third-order valence-corrected chi connectivity index (χ3v) is 5.07. The Labute approximate surface area is 122 Å². The first-order valence-electron chi connectivity index (χ1n) is 7.59. The molecule has 1 aliphatic rings. The molecule has 3 heteroatoms. The standard InChI is InChI=1S/C17H27FN2/c1-16(2)9-6-10-17(13-19,12-11-16)20(3)15-8-5-4-7-14(15)18/h4-5,7-8H,6,9-13,19H2,1-3H3. The lowest BCUT2D eigenvalue weighted by Gasteiger charge is -2.43. The minimum absolute atomic E-state index is 0.115. The number of halogens is 1. The lowest BCUT2D eigenvalue weighted by atomic mass is 9.83. The lowest BCUT2D eigenvalue weighted by Crippen LogP contribution is -2.52. The summed E-state index contributed by atoms with van der Waals surface area (Å²) in [6, 6.07) is 7.00. The molecule has 0 saturated heterocycles. The van der Waals surface area contributed by atoms with Crippen molar-refractivity contribution in [2.45, 2.75) is 51.5 Å². The number of likely N-dealkylation sites (N-methyl/N-ethyl adjacent to an activating group) is 1. The third-order valence-electron chi connectivity index (χ3n) is 5.07. The zero-order valence-corrected chi connectivity index (χ0v) is 13.0. The highest BCUT2D eigenvalue weighted by atomic mass is 19.1. The van der Waals surface area contributed by atoms with E-state index in [2.05, 4.69) is 18.7 Å². The second-order valence-corrected chi connectivity index (χ2v) is 6.96. The molecule has 20 heavy (non-hydrogen) atoms. The Kier molecular flexibility index (Phi) is 4.38. The third kappa shape index (κ3) is 2.98. The van der Waals surface area contributed by atoms with Gasteiger partial charge in [0.15, 0.2) is 0 Å². The van der Waals surface area contributed by atoms with E-state index < -0.39 is 0 Å². The molecule has 2 N–H and O–H groups in total. The normalized spacial score (nSPS) is 26.1. The van der Waals surface area contributed by atoms with Gasteiger partial charge in [-0.1, -0.05) is 32.4 Å². The maximum absolute atomic E-state index is 14.1. The monoisotopic (exact) mass is 278 g/mol. The van der Waals surface area contributed by atoms with Crippen molar-refractivity contribution in [2.75, 3.05) is 18.5 Å². The smallest absolute Gasteiger partial charge is 0.146 e. The van der Waals surface area contributed by atoms with Crippen LogP contribution in [0.5, 0.6) is 0 Å². The number of nitrogens with two attached hydrogens (primary N) is 1. The Balaban J connectivity index is 2.29. The van der Waals surface area contributed by atoms with Crippen molar-refractivity contribution in [1.29, 1.82) is 0 Å². The molecule has 0 aromatic heterocycles. The second kappa shape index (κ2) is 5.72. The molecule has 1 saturated carbocycles. The number of hydrogen-bond donors (Lipinski definition) is 1. The van der Waals surface area contributed by atoms with Gasteiger partial charge in [0.05, 0.1) is 11.2 Å². The van der Waals surface area contributed by atoms with E-state index in [0.717, 1.165) is 25.7 Å². The van der Waals surface area contributed by atoms with Crippen LogP contribution in [-0.2, 0) is 0 Å². The van der Waals surface area contributed by atoms with Crippen LogP contribution in [-0.4, -0.2) is 19.1 Å². The highest BCUT2D eigenvalue weighted by Gasteiger charge is 2.38. The van der Waals surface area contributed by atoms with E-state index in [1.165, 1.54) is 12.5 Å². The van der Waals surface area contributed by atoms with E-state index >= 15 is 0 Å². The fraction of sp³-hybridized carbons (Fsp3) is 0.647. The molecule has 0 heterocycles. The van der Waals surface area contributed by atoms with Gasteiger partial charge in [-0.15, -0.1) is 0 Å². The minimum atomic E-state index is -0.161. The first-order chi connectivity index (χ1) is 9.40. The number of rotatable bonds is 3. The van der Waals surface area contributed by atoms with Crippen LogP contribution in [0.25, 0.3) is 0 Å².